The van der Waals surface area contributed by atoms with Gasteiger partial charge in [0.1, 0.15) is 22.2 Å². The average Bonchev–Trinajstić information content (AvgIpc) is 3.28. The van der Waals surface area contributed by atoms with E-state index in [0.29, 0.717) is 29.3 Å². The summed E-state index contributed by atoms with van der Waals surface area (Å²) < 4.78 is 21.0. The monoisotopic (exact) mass is 445 g/mol. The van der Waals surface area contributed by atoms with Crippen LogP contribution in [0.1, 0.15) is 21.8 Å². The van der Waals surface area contributed by atoms with Gasteiger partial charge in [0.2, 0.25) is 0 Å². The lowest BCUT2D eigenvalue weighted by Crippen LogP contribution is -2.47. The highest BCUT2D eigenvalue weighted by atomic mass is 32.1. The highest BCUT2D eigenvalue weighted by molar-refractivity contribution is 7.19. The second-order valence-corrected chi connectivity index (χ2v) is 8.80. The number of thiazole rings is 1. The predicted molar refractivity (Wildman–Crippen MR) is 122 cm³/mol. The molecule has 166 valence electrons. The van der Waals surface area contributed by atoms with E-state index in [-0.39, 0.29) is 11.7 Å². The van der Waals surface area contributed by atoms with Gasteiger partial charge in [-0.05, 0) is 32.5 Å². The van der Waals surface area contributed by atoms with Gasteiger partial charge in [0.15, 0.2) is 4.96 Å². The Labute approximate surface area is 185 Å². The molecule has 1 saturated heterocycles. The van der Waals surface area contributed by atoms with E-state index in [2.05, 4.69) is 17.3 Å². The SMILES string of the molecule is COCCCNc1c(-c2cccc(F)c2)nc2sc(C(=O)N3CCN(C)CC3)c(C)n12. The topological polar surface area (TPSA) is 62.1 Å². The Hall–Kier alpha value is -2.49. The third kappa shape index (κ3) is 4.44. The Morgan fingerprint density at radius 2 is 2.06 bits per heavy atom. The normalized spacial score (nSPS) is 15.0. The molecule has 4 rings (SSSR count). The van der Waals surface area contributed by atoms with Crippen LogP contribution in [0.5, 0.6) is 0 Å². The Morgan fingerprint density at radius 3 is 2.77 bits per heavy atom. The van der Waals surface area contributed by atoms with E-state index in [1.165, 1.54) is 23.5 Å². The summed E-state index contributed by atoms with van der Waals surface area (Å²) in [5.74, 6) is 0.531. The Kier molecular flexibility index (Phi) is 6.54. The number of methoxy groups -OCH3 is 1. The number of likely N-dealkylation sites (N-methyl/N-ethyl adjacent to an activating group) is 1. The summed E-state index contributed by atoms with van der Waals surface area (Å²) in [4.78, 5) is 23.6. The summed E-state index contributed by atoms with van der Waals surface area (Å²) in [7, 11) is 3.75. The van der Waals surface area contributed by atoms with Gasteiger partial charge in [-0.25, -0.2) is 9.37 Å². The minimum Gasteiger partial charge on any atom is -0.385 e. The van der Waals surface area contributed by atoms with Crippen LogP contribution in [-0.4, -0.2) is 78.6 Å². The molecule has 0 saturated carbocycles. The van der Waals surface area contributed by atoms with Gasteiger partial charge in [-0.3, -0.25) is 9.20 Å². The molecule has 3 heterocycles. The second-order valence-electron chi connectivity index (χ2n) is 7.82. The highest BCUT2D eigenvalue weighted by Crippen LogP contribution is 2.35. The van der Waals surface area contributed by atoms with Crippen LogP contribution in [0.2, 0.25) is 0 Å². The fourth-order valence-corrected chi connectivity index (χ4v) is 4.92. The summed E-state index contributed by atoms with van der Waals surface area (Å²) in [6.07, 6.45) is 0.822. The molecule has 3 aromatic rings. The number of imidazole rings is 1. The standard InChI is InChI=1S/C22H28FN5O2S/c1-15-19(21(29)27-11-9-26(2)10-12-27)31-22-25-18(16-6-4-7-17(23)14-16)20(28(15)22)24-8-5-13-30-3/h4,6-7,14,24H,5,8-13H2,1-3H3. The lowest BCUT2D eigenvalue weighted by Gasteiger charge is -2.32. The number of hydrogen-bond donors (Lipinski definition) is 1. The first kappa shape index (κ1) is 21.7. The molecule has 0 radical (unpaired) electrons. The van der Waals surface area contributed by atoms with Crippen LogP contribution < -0.4 is 5.32 Å². The van der Waals surface area contributed by atoms with E-state index < -0.39 is 0 Å². The van der Waals surface area contributed by atoms with Crippen molar-refractivity contribution < 1.29 is 13.9 Å². The van der Waals surface area contributed by atoms with Crippen molar-refractivity contribution in [1.29, 1.82) is 0 Å². The number of carbonyl (C=O) groups is 1. The van der Waals surface area contributed by atoms with Gasteiger partial charge < -0.3 is 19.9 Å². The molecule has 7 nitrogen and oxygen atoms in total. The molecule has 0 spiro atoms. The van der Waals surface area contributed by atoms with Crippen molar-refractivity contribution in [3.8, 4) is 11.3 Å². The molecule has 2 aromatic heterocycles. The number of amides is 1. The summed E-state index contributed by atoms with van der Waals surface area (Å²) in [5.41, 5.74) is 2.25. The molecular weight excluding hydrogens is 417 g/mol. The highest BCUT2D eigenvalue weighted by Gasteiger charge is 2.27. The second kappa shape index (κ2) is 9.33. The van der Waals surface area contributed by atoms with Crippen molar-refractivity contribution in [1.82, 2.24) is 19.2 Å². The number of halogens is 1. The van der Waals surface area contributed by atoms with Crippen LogP contribution in [0, 0.1) is 12.7 Å². The number of ether oxygens (including phenoxy) is 1. The smallest absolute Gasteiger partial charge is 0.265 e. The fraction of sp³-hybridized carbons (Fsp3) is 0.455. The number of hydrogen-bond acceptors (Lipinski definition) is 6. The van der Waals surface area contributed by atoms with Crippen LogP contribution in [-0.2, 0) is 4.74 Å². The maximum absolute atomic E-state index is 13.9. The van der Waals surface area contributed by atoms with E-state index >= 15 is 0 Å². The molecule has 1 N–H and O–H groups in total. The van der Waals surface area contributed by atoms with Gasteiger partial charge in [0.05, 0.1) is 0 Å². The molecule has 1 aliphatic heterocycles. The molecule has 0 bridgehead atoms. The molecule has 1 aliphatic rings. The number of piperazine rings is 1. The van der Waals surface area contributed by atoms with Gasteiger partial charge in [0, 0.05) is 57.7 Å². The summed E-state index contributed by atoms with van der Waals surface area (Å²) in [6, 6.07) is 6.44. The van der Waals surface area contributed by atoms with E-state index in [9.17, 15) is 9.18 Å². The molecule has 31 heavy (non-hydrogen) atoms. The number of carbonyl (C=O) groups excluding carboxylic acids is 1. The number of aromatic nitrogens is 2. The van der Waals surface area contributed by atoms with Crippen LogP contribution >= 0.6 is 11.3 Å². The van der Waals surface area contributed by atoms with Gasteiger partial charge in [0.25, 0.3) is 5.91 Å². The van der Waals surface area contributed by atoms with Crippen molar-refractivity contribution in [2.45, 2.75) is 13.3 Å². The van der Waals surface area contributed by atoms with E-state index in [1.54, 1.807) is 13.2 Å². The number of rotatable bonds is 7. The number of nitrogens with one attached hydrogen (secondary N) is 1. The molecular formula is C22H28FN5O2S. The average molecular weight is 446 g/mol. The first-order valence-corrected chi connectivity index (χ1v) is 11.3. The third-order valence-corrected chi connectivity index (χ3v) is 6.74. The van der Waals surface area contributed by atoms with Crippen molar-refractivity contribution >= 4 is 28.0 Å². The zero-order valence-corrected chi connectivity index (χ0v) is 19.0. The lowest BCUT2D eigenvalue weighted by molar-refractivity contribution is 0.0668. The first-order valence-electron chi connectivity index (χ1n) is 10.5. The van der Waals surface area contributed by atoms with Gasteiger partial charge in [-0.15, -0.1) is 0 Å². The number of benzene rings is 1. The Morgan fingerprint density at radius 1 is 1.29 bits per heavy atom. The van der Waals surface area contributed by atoms with E-state index in [0.717, 1.165) is 49.1 Å². The van der Waals surface area contributed by atoms with E-state index in [4.69, 9.17) is 9.72 Å². The summed E-state index contributed by atoms with van der Waals surface area (Å²) in [6.45, 7) is 6.48. The largest absolute Gasteiger partial charge is 0.385 e. The lowest BCUT2D eigenvalue weighted by atomic mass is 10.1. The Balaban J connectivity index is 1.71. The minimum atomic E-state index is -0.304. The van der Waals surface area contributed by atoms with Crippen LogP contribution in [0.25, 0.3) is 16.2 Å². The number of anilines is 1. The van der Waals surface area contributed by atoms with Gasteiger partial charge in [-0.2, -0.15) is 0 Å². The molecule has 0 aliphatic carbocycles. The molecule has 1 amide bonds. The summed E-state index contributed by atoms with van der Waals surface area (Å²) in [5, 5.41) is 3.44. The predicted octanol–water partition coefficient (Wildman–Crippen LogP) is 3.35. The zero-order valence-electron chi connectivity index (χ0n) is 18.2. The van der Waals surface area contributed by atoms with Gasteiger partial charge >= 0.3 is 0 Å². The minimum absolute atomic E-state index is 0.0544. The fourth-order valence-electron chi connectivity index (χ4n) is 3.82. The zero-order chi connectivity index (χ0) is 22.0. The van der Waals surface area contributed by atoms with Crippen LogP contribution in [0.3, 0.4) is 0 Å². The maximum atomic E-state index is 13.9. The first-order chi connectivity index (χ1) is 15.0. The van der Waals surface area contributed by atoms with Crippen molar-refractivity contribution in [3.05, 3.63) is 40.7 Å². The van der Waals surface area contributed by atoms with Crippen LogP contribution in [0.4, 0.5) is 10.2 Å². The summed E-state index contributed by atoms with van der Waals surface area (Å²) >= 11 is 1.39. The van der Waals surface area contributed by atoms with Gasteiger partial charge in [-0.1, -0.05) is 23.5 Å². The molecule has 0 atom stereocenters. The number of aryl methyl sites for hydroxylation is 1. The molecule has 0 unspecified atom stereocenters. The molecule has 9 heteroatoms. The van der Waals surface area contributed by atoms with Crippen LogP contribution in [0.15, 0.2) is 24.3 Å². The van der Waals surface area contributed by atoms with Crippen molar-refractivity contribution in [2.24, 2.45) is 0 Å². The molecule has 1 aromatic carbocycles. The van der Waals surface area contributed by atoms with E-state index in [1.807, 2.05) is 22.3 Å². The van der Waals surface area contributed by atoms with Crippen molar-refractivity contribution in [3.63, 3.8) is 0 Å². The maximum Gasteiger partial charge on any atom is 0.265 e. The number of nitrogens with zero attached hydrogens (tertiary/aromatic N) is 4. The Bertz CT molecular complexity index is 1070. The number of fused-ring (bicyclic) bond motifs is 1. The third-order valence-electron chi connectivity index (χ3n) is 5.60. The molecule has 1 fully saturated rings. The quantitative estimate of drug-likeness (QED) is 0.565. The van der Waals surface area contributed by atoms with Crippen molar-refractivity contribution in [2.75, 3.05) is 58.8 Å².